The van der Waals surface area contributed by atoms with Crippen LogP contribution >= 0.6 is 11.3 Å². The van der Waals surface area contributed by atoms with Crippen LogP contribution in [0.5, 0.6) is 23.0 Å². The molecule has 278 valence electrons. The fourth-order valence-electron chi connectivity index (χ4n) is 5.99. The first kappa shape index (κ1) is 37.5. The number of ether oxygens (including phenoxy) is 5. The number of esters is 1. The van der Waals surface area contributed by atoms with Crippen molar-refractivity contribution in [2.75, 3.05) is 19.8 Å². The van der Waals surface area contributed by atoms with E-state index in [1.165, 1.54) is 16.7 Å². The maximum absolute atomic E-state index is 14.0. The van der Waals surface area contributed by atoms with E-state index in [0.717, 1.165) is 22.5 Å². The summed E-state index contributed by atoms with van der Waals surface area (Å²) in [6, 6.07) is 26.1. The number of allylic oxidation sites excluding steroid dienone is 1. The summed E-state index contributed by atoms with van der Waals surface area (Å²) in [4.78, 5) is 44.7. The molecule has 2 heterocycles. The molecule has 1 atom stereocenters. The third kappa shape index (κ3) is 8.21. The maximum atomic E-state index is 14.0. The van der Waals surface area contributed by atoms with Crippen molar-refractivity contribution < 1.29 is 33.4 Å². The van der Waals surface area contributed by atoms with Gasteiger partial charge in [-0.3, -0.25) is 19.5 Å². The van der Waals surface area contributed by atoms with Crippen LogP contribution in [0.2, 0.25) is 0 Å². The molecule has 0 amide bonds. The quantitative estimate of drug-likeness (QED) is 0.0644. The third-order valence-corrected chi connectivity index (χ3v) is 9.45. The zero-order valence-corrected chi connectivity index (χ0v) is 31.1. The first-order valence-corrected chi connectivity index (χ1v) is 18.3. The Morgan fingerprint density at radius 3 is 2.00 bits per heavy atom. The molecule has 0 saturated carbocycles. The van der Waals surface area contributed by atoms with Gasteiger partial charge in [-0.25, -0.2) is 9.79 Å². The third-order valence-electron chi connectivity index (χ3n) is 8.46. The topological polar surface area (TPSA) is 141 Å². The van der Waals surface area contributed by atoms with Gasteiger partial charge in [0.25, 0.3) is 11.2 Å². The summed E-state index contributed by atoms with van der Waals surface area (Å²) < 4.78 is 30.9. The van der Waals surface area contributed by atoms with Crippen LogP contribution in [0.25, 0.3) is 11.8 Å². The number of carbonyl (C=O) groups is 1. The van der Waals surface area contributed by atoms with E-state index in [2.05, 4.69) is 0 Å². The van der Waals surface area contributed by atoms with Crippen molar-refractivity contribution in [2.24, 2.45) is 4.99 Å². The fraction of sp³-hybridized carbons (Fsp3) is 0.244. The van der Waals surface area contributed by atoms with Crippen molar-refractivity contribution in [1.29, 1.82) is 0 Å². The fourth-order valence-corrected chi connectivity index (χ4v) is 7.03. The first-order chi connectivity index (χ1) is 26.2. The van der Waals surface area contributed by atoms with Crippen LogP contribution in [0.1, 0.15) is 56.0 Å². The van der Waals surface area contributed by atoms with Crippen molar-refractivity contribution >= 4 is 34.8 Å². The van der Waals surface area contributed by atoms with Crippen molar-refractivity contribution in [3.8, 4) is 23.0 Å². The number of nitro benzene ring substituents is 1. The van der Waals surface area contributed by atoms with Gasteiger partial charge in [0.2, 0.25) is 0 Å². The molecule has 0 unspecified atom stereocenters. The van der Waals surface area contributed by atoms with E-state index in [1.54, 1.807) is 39.0 Å². The van der Waals surface area contributed by atoms with Gasteiger partial charge in [-0.05, 0) is 68.7 Å². The highest BCUT2D eigenvalue weighted by atomic mass is 32.1. The lowest BCUT2D eigenvalue weighted by Gasteiger charge is -2.23. The molecule has 0 bridgehead atoms. The van der Waals surface area contributed by atoms with Crippen LogP contribution < -0.4 is 33.8 Å². The maximum Gasteiger partial charge on any atom is 0.338 e. The molecular weight excluding hydrogens is 711 g/mol. The zero-order valence-electron chi connectivity index (χ0n) is 30.3. The van der Waals surface area contributed by atoms with E-state index in [-0.39, 0.29) is 58.6 Å². The van der Waals surface area contributed by atoms with Gasteiger partial charge in [-0.2, -0.15) is 0 Å². The average Bonchev–Trinajstić information content (AvgIpc) is 3.49. The highest BCUT2D eigenvalue weighted by Crippen LogP contribution is 2.43. The molecule has 1 aliphatic heterocycles. The molecule has 0 saturated heterocycles. The molecule has 6 rings (SSSR count). The highest BCUT2D eigenvalue weighted by molar-refractivity contribution is 7.07. The molecule has 0 aliphatic carbocycles. The summed E-state index contributed by atoms with van der Waals surface area (Å²) in [5.41, 5.74) is 2.14. The monoisotopic (exact) mass is 749 g/mol. The van der Waals surface area contributed by atoms with Gasteiger partial charge < -0.3 is 23.7 Å². The van der Waals surface area contributed by atoms with Crippen LogP contribution in [0.3, 0.4) is 0 Å². The summed E-state index contributed by atoms with van der Waals surface area (Å²) in [7, 11) is 0. The number of benzene rings is 4. The number of fused-ring (bicyclic) bond motifs is 1. The molecule has 54 heavy (non-hydrogen) atoms. The number of rotatable bonds is 15. The Kier molecular flexibility index (Phi) is 11.9. The molecule has 0 radical (unpaired) electrons. The molecule has 4 aromatic carbocycles. The molecule has 5 aromatic rings. The Morgan fingerprint density at radius 2 is 1.41 bits per heavy atom. The van der Waals surface area contributed by atoms with Gasteiger partial charge in [0.15, 0.2) is 27.8 Å². The Hall–Kier alpha value is -6.21. The molecule has 13 heteroatoms. The lowest BCUT2D eigenvalue weighted by Crippen LogP contribution is -2.35. The molecule has 12 nitrogen and oxygen atoms in total. The Labute approximate surface area is 315 Å². The summed E-state index contributed by atoms with van der Waals surface area (Å²) in [5.74, 6) is 0.734. The smallest absolute Gasteiger partial charge is 0.338 e. The zero-order chi connectivity index (χ0) is 38.2. The van der Waals surface area contributed by atoms with Gasteiger partial charge >= 0.3 is 5.97 Å². The Morgan fingerprint density at radius 1 is 0.815 bits per heavy atom. The van der Waals surface area contributed by atoms with Crippen molar-refractivity contribution in [1.82, 2.24) is 4.57 Å². The van der Waals surface area contributed by atoms with E-state index < -0.39 is 22.5 Å². The predicted molar refractivity (Wildman–Crippen MR) is 205 cm³/mol. The minimum Gasteiger partial charge on any atom is -0.490 e. The number of nitro groups is 1. The number of carbonyl (C=O) groups excluding carboxylic acids is 1. The van der Waals surface area contributed by atoms with Gasteiger partial charge in [0.05, 0.1) is 46.5 Å². The summed E-state index contributed by atoms with van der Waals surface area (Å²) >= 11 is 1.10. The van der Waals surface area contributed by atoms with Crippen molar-refractivity contribution in [3.05, 3.63) is 149 Å². The van der Waals surface area contributed by atoms with Gasteiger partial charge in [-0.15, -0.1) is 0 Å². The Bertz CT molecular complexity index is 2370. The number of hydrogen-bond acceptors (Lipinski definition) is 11. The van der Waals surface area contributed by atoms with Crippen LogP contribution in [0.4, 0.5) is 5.69 Å². The molecular formula is C41H39N3O9S. The number of thiazole rings is 1. The minimum absolute atomic E-state index is 0.00199. The molecule has 0 spiro atoms. The summed E-state index contributed by atoms with van der Waals surface area (Å²) in [5, 5.41) is 12.6. The van der Waals surface area contributed by atoms with E-state index in [9.17, 15) is 19.7 Å². The van der Waals surface area contributed by atoms with E-state index in [0.29, 0.717) is 34.8 Å². The van der Waals surface area contributed by atoms with Gasteiger partial charge in [0, 0.05) is 5.70 Å². The van der Waals surface area contributed by atoms with Crippen LogP contribution in [0.15, 0.2) is 106 Å². The average molecular weight is 750 g/mol. The van der Waals surface area contributed by atoms with Crippen LogP contribution in [-0.4, -0.2) is 35.3 Å². The van der Waals surface area contributed by atoms with Crippen molar-refractivity contribution in [2.45, 2.75) is 47.0 Å². The van der Waals surface area contributed by atoms with Crippen molar-refractivity contribution in [3.63, 3.8) is 0 Å². The SMILES string of the molecule is CCOC(=O)C1=C(C)n2c(s/c(=C\c3ccc(OCc4ccccc4)c(OCC)c3)c2=O)=N[C@@H]1c1cc(OCC)c(OCc2ccccc2)cc1[N+](=O)[O-]. The highest BCUT2D eigenvalue weighted by Gasteiger charge is 2.36. The number of hydrogen-bond donors (Lipinski definition) is 0. The molecule has 0 fully saturated rings. The van der Waals surface area contributed by atoms with Crippen LogP contribution in [-0.2, 0) is 22.7 Å². The van der Waals surface area contributed by atoms with E-state index in [4.69, 9.17) is 28.7 Å². The molecule has 0 N–H and O–H groups in total. The summed E-state index contributed by atoms with van der Waals surface area (Å²) in [6.45, 7) is 8.11. The van der Waals surface area contributed by atoms with Gasteiger partial charge in [-0.1, -0.05) is 78.1 Å². The minimum atomic E-state index is -1.19. The molecule has 1 aromatic heterocycles. The second-order valence-corrected chi connectivity index (χ2v) is 13.0. The Balaban J connectivity index is 1.44. The van der Waals surface area contributed by atoms with E-state index in [1.807, 2.05) is 73.7 Å². The summed E-state index contributed by atoms with van der Waals surface area (Å²) in [6.07, 6.45) is 1.71. The normalized spacial score (nSPS) is 13.9. The second-order valence-electron chi connectivity index (χ2n) is 12.0. The number of nitrogens with zero attached hydrogens (tertiary/aromatic N) is 3. The van der Waals surface area contributed by atoms with E-state index >= 15 is 0 Å². The lowest BCUT2D eigenvalue weighted by molar-refractivity contribution is -0.385. The number of aromatic nitrogens is 1. The standard InChI is InChI=1S/C41H39N3O9S/c1-5-49-33-20-29(18-19-32(33)52-24-27-14-10-8-11-15-27)21-36-39(45)43-26(4)37(40(46)51-7-3)38(42-41(43)54-36)30-22-34(50-6-2)35(23-31(30)44(47)48)53-25-28-16-12-9-13-17-28/h8-23,38H,5-7,24-25H2,1-4H3/b36-21-/t38-/m1/s1. The van der Waals surface area contributed by atoms with Gasteiger partial charge in [0.1, 0.15) is 19.3 Å². The first-order valence-electron chi connectivity index (χ1n) is 17.5. The molecule has 1 aliphatic rings. The lowest BCUT2D eigenvalue weighted by atomic mass is 9.94. The largest absolute Gasteiger partial charge is 0.490 e. The predicted octanol–water partition coefficient (Wildman–Crippen LogP) is 6.77. The second kappa shape index (κ2) is 17.1. The van der Waals surface area contributed by atoms with Crippen LogP contribution in [0, 0.1) is 10.1 Å².